The van der Waals surface area contributed by atoms with Crippen molar-refractivity contribution < 1.29 is 61.3 Å². The number of carbonyl (C=O) groups excluding carboxylic acids is 1. The number of aryl methyl sites for hydroxylation is 1. The van der Waals surface area contributed by atoms with Crippen molar-refractivity contribution >= 4 is 68.9 Å². The second-order valence-electron chi connectivity index (χ2n) is 6.19. The molecule has 2 heterocycles. The van der Waals surface area contributed by atoms with Crippen LogP contribution in [0.1, 0.15) is 12.5 Å². The topological polar surface area (TPSA) is 46.6 Å². The number of aliphatic carboxylic acids is 1. The first-order chi connectivity index (χ1) is 12.8. The summed E-state index contributed by atoms with van der Waals surface area (Å²) >= 11 is 13.6. The maximum Gasteiger partial charge on any atom is 1.00 e. The Morgan fingerprint density at radius 3 is 2.68 bits per heavy atom. The van der Waals surface area contributed by atoms with Gasteiger partial charge in [0.2, 0.25) is 0 Å². The number of allylic oxidation sites excluding steroid dienone is 4. The number of carbonyl (C=O) groups is 1. The molecule has 4 nitrogen and oxygen atoms in total. The van der Waals surface area contributed by atoms with Gasteiger partial charge in [-0.1, -0.05) is 60.1 Å². The molecule has 0 N–H and O–H groups in total. The van der Waals surface area contributed by atoms with Gasteiger partial charge in [0.05, 0.1) is 23.2 Å². The zero-order chi connectivity index (χ0) is 19.7. The summed E-state index contributed by atoms with van der Waals surface area (Å²) in [5.41, 5.74) is 3.46. The van der Waals surface area contributed by atoms with Gasteiger partial charge < -0.3 is 19.7 Å². The van der Waals surface area contributed by atoms with Gasteiger partial charge in [0.25, 0.3) is 0 Å². The van der Waals surface area contributed by atoms with Crippen molar-refractivity contribution in [1.29, 1.82) is 0 Å². The van der Waals surface area contributed by atoms with E-state index in [-0.39, 0.29) is 57.9 Å². The number of nitrogens with zero attached hydrogens (tertiary/aromatic N) is 2. The molecule has 0 bridgehead atoms. The van der Waals surface area contributed by atoms with Crippen molar-refractivity contribution in [2.75, 3.05) is 18.5 Å². The average molecular weight is 473 g/mol. The Kier molecular flexibility index (Phi) is 8.99. The number of carboxylic acid groups (broad SMARTS) is 1. The van der Waals surface area contributed by atoms with Crippen molar-refractivity contribution in [2.45, 2.75) is 18.7 Å². The Bertz CT molecular complexity index is 940. The Morgan fingerprint density at radius 1 is 1.29 bits per heavy atom. The molecule has 0 atom stereocenters. The number of hydrogen-bond donors (Lipinski definition) is 0. The quantitative estimate of drug-likeness (QED) is 0.359. The van der Waals surface area contributed by atoms with Crippen molar-refractivity contribution in [3.05, 3.63) is 57.5 Å². The van der Waals surface area contributed by atoms with Crippen LogP contribution in [0.5, 0.6) is 0 Å². The first-order valence-electron chi connectivity index (χ1n) is 8.12. The SMILES string of the molecule is CC(=CC=C1Sc2cc(C)ccc2N1C)C=C1SC(=S)N(CC(=O)[O-])C1=S.[K+]. The molecule has 0 amide bonds. The van der Waals surface area contributed by atoms with E-state index in [1.165, 1.54) is 32.8 Å². The fourth-order valence-electron chi connectivity index (χ4n) is 2.65. The third kappa shape index (κ3) is 5.58. The maximum absolute atomic E-state index is 10.8. The van der Waals surface area contributed by atoms with E-state index in [0.29, 0.717) is 9.31 Å². The molecular formula is C19H17KN2O2S4. The number of thiocarbonyl (C=S) groups is 2. The van der Waals surface area contributed by atoms with Gasteiger partial charge in [-0.2, -0.15) is 0 Å². The fraction of sp³-hybridized carbons (Fsp3) is 0.211. The van der Waals surface area contributed by atoms with E-state index < -0.39 is 5.97 Å². The largest absolute Gasteiger partial charge is 1.00 e. The molecule has 0 unspecified atom stereocenters. The van der Waals surface area contributed by atoms with Gasteiger partial charge in [0, 0.05) is 16.8 Å². The van der Waals surface area contributed by atoms with Gasteiger partial charge in [0.15, 0.2) is 0 Å². The van der Waals surface area contributed by atoms with Crippen LogP contribution in [-0.4, -0.2) is 33.8 Å². The van der Waals surface area contributed by atoms with Crippen LogP contribution in [-0.2, 0) is 4.79 Å². The molecule has 1 aromatic carbocycles. The van der Waals surface area contributed by atoms with Gasteiger partial charge in [0.1, 0.15) is 9.31 Å². The van der Waals surface area contributed by atoms with Crippen LogP contribution in [0.4, 0.5) is 5.69 Å². The number of carboxylic acids is 1. The molecule has 140 valence electrons. The number of anilines is 1. The van der Waals surface area contributed by atoms with E-state index in [1.807, 2.05) is 19.1 Å². The van der Waals surface area contributed by atoms with Crippen molar-refractivity contribution in [3.8, 4) is 0 Å². The summed E-state index contributed by atoms with van der Waals surface area (Å²) in [7, 11) is 2.06. The molecule has 0 spiro atoms. The molecule has 28 heavy (non-hydrogen) atoms. The molecule has 1 saturated heterocycles. The van der Waals surface area contributed by atoms with E-state index in [2.05, 4.69) is 43.1 Å². The minimum atomic E-state index is -1.20. The molecule has 9 heteroatoms. The molecule has 1 aromatic rings. The van der Waals surface area contributed by atoms with Crippen molar-refractivity contribution in [2.24, 2.45) is 0 Å². The number of thioether (sulfide) groups is 2. The molecule has 3 rings (SSSR count). The van der Waals surface area contributed by atoms with Gasteiger partial charge in [-0.25, -0.2) is 0 Å². The van der Waals surface area contributed by atoms with Crippen LogP contribution in [0.3, 0.4) is 0 Å². The van der Waals surface area contributed by atoms with Crippen LogP contribution >= 0.6 is 48.0 Å². The van der Waals surface area contributed by atoms with Gasteiger partial charge in [-0.05, 0) is 49.3 Å². The Hall–Kier alpha value is 0.0264. The predicted molar refractivity (Wildman–Crippen MR) is 120 cm³/mol. The standard InChI is InChI=1S/C19H18N2O2S4.K/c1-11-4-6-13-14(8-11)26-16(20(13)3)7-5-12(2)9-15-18(24)21(10-17(22)23)19(25)27-15;/h4-9H,10H2,1-3H3,(H,22,23);/q;+1/p-1. The third-order valence-corrected chi connectivity index (χ3v) is 7.16. The van der Waals surface area contributed by atoms with E-state index in [0.717, 1.165) is 15.5 Å². The van der Waals surface area contributed by atoms with Crippen LogP contribution in [0.15, 0.2) is 56.8 Å². The summed E-state index contributed by atoms with van der Waals surface area (Å²) in [6.45, 7) is 3.76. The first-order valence-corrected chi connectivity index (χ1v) is 10.6. The summed E-state index contributed by atoms with van der Waals surface area (Å²) in [5, 5.41) is 12.0. The molecule has 2 aliphatic rings. The van der Waals surface area contributed by atoms with Crippen molar-refractivity contribution in [1.82, 2.24) is 4.90 Å². The molecular weight excluding hydrogens is 456 g/mol. The zero-order valence-electron chi connectivity index (χ0n) is 16.0. The molecule has 0 radical (unpaired) electrons. The normalized spacial score (nSPS) is 19.5. The monoisotopic (exact) mass is 472 g/mol. The first kappa shape index (κ1) is 24.3. The van der Waals surface area contributed by atoms with Gasteiger partial charge in [-0.3, -0.25) is 0 Å². The molecule has 2 aliphatic heterocycles. The Morgan fingerprint density at radius 2 is 2.00 bits per heavy atom. The summed E-state index contributed by atoms with van der Waals surface area (Å²) in [4.78, 5) is 16.9. The molecule has 1 fully saturated rings. The average Bonchev–Trinajstić information content (AvgIpc) is 3.03. The van der Waals surface area contributed by atoms with E-state index >= 15 is 0 Å². The number of hydrogen-bond acceptors (Lipinski definition) is 7. The molecule has 0 aliphatic carbocycles. The van der Waals surface area contributed by atoms with Gasteiger partial charge in [-0.15, -0.1) is 0 Å². The van der Waals surface area contributed by atoms with E-state index in [9.17, 15) is 9.90 Å². The maximum atomic E-state index is 10.8. The fourth-order valence-corrected chi connectivity index (χ4v) is 5.58. The molecule has 0 saturated carbocycles. The van der Waals surface area contributed by atoms with Crippen molar-refractivity contribution in [3.63, 3.8) is 0 Å². The zero-order valence-corrected chi connectivity index (χ0v) is 22.4. The van der Waals surface area contributed by atoms with Crippen LogP contribution < -0.4 is 61.4 Å². The smallest absolute Gasteiger partial charge is 0.548 e. The minimum absolute atomic E-state index is 0. The second kappa shape index (κ2) is 10.4. The number of benzene rings is 1. The van der Waals surface area contributed by atoms with E-state index in [4.69, 9.17) is 24.4 Å². The van der Waals surface area contributed by atoms with Crippen LogP contribution in [0.2, 0.25) is 0 Å². The van der Waals surface area contributed by atoms with Crippen LogP contribution in [0.25, 0.3) is 0 Å². The summed E-state index contributed by atoms with van der Waals surface area (Å²) in [5.74, 6) is -1.20. The van der Waals surface area contributed by atoms with E-state index in [1.54, 1.807) is 11.8 Å². The second-order valence-corrected chi connectivity index (χ2v) is 9.31. The number of rotatable bonds is 4. The van der Waals surface area contributed by atoms with Crippen LogP contribution in [0, 0.1) is 6.92 Å². The Labute approximate surface area is 226 Å². The summed E-state index contributed by atoms with van der Waals surface area (Å²) in [6.07, 6.45) is 6.03. The Balaban J connectivity index is 0.00000280. The third-order valence-electron chi connectivity index (χ3n) is 4.03. The predicted octanol–water partition coefficient (Wildman–Crippen LogP) is 0.624. The minimum Gasteiger partial charge on any atom is -0.548 e. The summed E-state index contributed by atoms with van der Waals surface area (Å²) < 4.78 is 0.443. The van der Waals surface area contributed by atoms with Gasteiger partial charge >= 0.3 is 51.4 Å². The number of fused-ring (bicyclic) bond motifs is 1. The summed E-state index contributed by atoms with van der Waals surface area (Å²) in [6, 6.07) is 6.44. The molecule has 0 aromatic heterocycles.